The van der Waals surface area contributed by atoms with E-state index in [9.17, 15) is 9.90 Å². The van der Waals surface area contributed by atoms with Crippen molar-refractivity contribution in [1.82, 2.24) is 10.2 Å². The Kier molecular flexibility index (Phi) is 5.53. The van der Waals surface area contributed by atoms with Crippen molar-refractivity contribution in [3.05, 3.63) is 35.9 Å². The Labute approximate surface area is 162 Å². The maximum absolute atomic E-state index is 13.2. The third kappa shape index (κ3) is 3.78. The first-order valence-corrected chi connectivity index (χ1v) is 10.4. The quantitative estimate of drug-likeness (QED) is 0.805. The topological polar surface area (TPSA) is 61.8 Å². The Morgan fingerprint density at radius 3 is 2.56 bits per heavy atom. The molecule has 2 aliphatic heterocycles. The second-order valence-corrected chi connectivity index (χ2v) is 8.63. The summed E-state index contributed by atoms with van der Waals surface area (Å²) in [6.07, 6.45) is 5.42. The number of hydrogen-bond acceptors (Lipinski definition) is 4. The van der Waals surface area contributed by atoms with Gasteiger partial charge in [0, 0.05) is 45.5 Å². The monoisotopic (exact) mass is 372 g/mol. The molecular formula is C22H32N2O3. The van der Waals surface area contributed by atoms with Gasteiger partial charge in [-0.05, 0) is 49.5 Å². The number of likely N-dealkylation sites (tertiary alicyclic amines) is 1. The molecule has 1 aliphatic carbocycles. The van der Waals surface area contributed by atoms with E-state index in [0.29, 0.717) is 6.42 Å². The lowest BCUT2D eigenvalue weighted by Crippen LogP contribution is -2.48. The summed E-state index contributed by atoms with van der Waals surface area (Å²) < 4.78 is 5.51. The molecule has 2 heterocycles. The van der Waals surface area contributed by atoms with E-state index in [-0.39, 0.29) is 29.4 Å². The Morgan fingerprint density at radius 1 is 1.19 bits per heavy atom. The summed E-state index contributed by atoms with van der Waals surface area (Å²) in [7, 11) is 0. The van der Waals surface area contributed by atoms with Crippen LogP contribution in [0.25, 0.3) is 0 Å². The molecule has 3 fully saturated rings. The summed E-state index contributed by atoms with van der Waals surface area (Å²) in [4.78, 5) is 15.6. The van der Waals surface area contributed by atoms with E-state index in [0.717, 1.165) is 65.0 Å². The highest BCUT2D eigenvalue weighted by molar-refractivity contribution is 5.87. The van der Waals surface area contributed by atoms with Crippen LogP contribution in [-0.4, -0.2) is 54.9 Å². The van der Waals surface area contributed by atoms with Crippen molar-refractivity contribution < 1.29 is 14.6 Å². The zero-order valence-corrected chi connectivity index (χ0v) is 16.2. The number of amides is 1. The van der Waals surface area contributed by atoms with Crippen molar-refractivity contribution >= 4 is 5.91 Å². The lowest BCUT2D eigenvalue weighted by molar-refractivity contribution is -0.130. The van der Waals surface area contributed by atoms with Crippen molar-refractivity contribution in [2.24, 2.45) is 10.8 Å². The average Bonchev–Trinajstić information content (AvgIpc) is 3.31. The lowest BCUT2D eigenvalue weighted by Gasteiger charge is -2.34. The fourth-order valence-corrected chi connectivity index (χ4v) is 5.33. The van der Waals surface area contributed by atoms with Gasteiger partial charge in [-0.25, -0.2) is 0 Å². The van der Waals surface area contributed by atoms with Crippen molar-refractivity contribution in [2.45, 2.75) is 51.1 Å². The SMILES string of the molecule is O=C(NC1CCN(Cc2ccccc2)CC1)C1(CCO)CC12CCOCC2. The molecular weight excluding hydrogens is 340 g/mol. The summed E-state index contributed by atoms with van der Waals surface area (Å²) >= 11 is 0. The molecule has 1 saturated carbocycles. The molecule has 0 bridgehead atoms. The van der Waals surface area contributed by atoms with Crippen LogP contribution in [0.4, 0.5) is 0 Å². The second kappa shape index (κ2) is 7.90. The number of hydrogen-bond donors (Lipinski definition) is 2. The lowest BCUT2D eigenvalue weighted by atomic mass is 9.83. The zero-order valence-electron chi connectivity index (χ0n) is 16.2. The van der Waals surface area contributed by atoms with E-state index < -0.39 is 0 Å². The Bertz CT molecular complexity index is 636. The average molecular weight is 373 g/mol. The molecule has 0 radical (unpaired) electrons. The number of piperidine rings is 1. The Hall–Kier alpha value is -1.43. The van der Waals surface area contributed by atoms with Crippen LogP contribution in [0.3, 0.4) is 0 Å². The number of carbonyl (C=O) groups is 1. The van der Waals surface area contributed by atoms with Gasteiger partial charge in [0.25, 0.3) is 0 Å². The summed E-state index contributed by atoms with van der Waals surface area (Å²) in [5, 5.41) is 12.9. The minimum absolute atomic E-state index is 0.0755. The molecule has 1 spiro atoms. The Balaban J connectivity index is 1.30. The molecule has 1 atom stereocenters. The Morgan fingerprint density at radius 2 is 1.89 bits per heavy atom. The summed E-state index contributed by atoms with van der Waals surface area (Å²) in [5.74, 6) is 0.181. The van der Waals surface area contributed by atoms with Gasteiger partial charge in [-0.3, -0.25) is 9.69 Å². The number of nitrogens with one attached hydrogen (secondary N) is 1. The van der Waals surface area contributed by atoms with Crippen molar-refractivity contribution in [3.8, 4) is 0 Å². The highest BCUT2D eigenvalue weighted by Gasteiger charge is 2.70. The van der Waals surface area contributed by atoms with Crippen LogP contribution in [0.15, 0.2) is 30.3 Å². The van der Waals surface area contributed by atoms with E-state index in [2.05, 4.69) is 40.5 Å². The predicted molar refractivity (Wildman–Crippen MR) is 104 cm³/mol. The molecule has 1 unspecified atom stereocenters. The third-order valence-electron chi connectivity index (χ3n) is 7.13. The molecule has 1 aromatic rings. The number of aliphatic hydroxyl groups excluding tert-OH is 1. The van der Waals surface area contributed by atoms with Crippen LogP contribution >= 0.6 is 0 Å². The maximum atomic E-state index is 13.2. The van der Waals surface area contributed by atoms with Crippen LogP contribution in [0.5, 0.6) is 0 Å². The van der Waals surface area contributed by atoms with E-state index in [4.69, 9.17) is 4.74 Å². The molecule has 3 aliphatic rings. The van der Waals surface area contributed by atoms with Gasteiger partial charge < -0.3 is 15.2 Å². The van der Waals surface area contributed by atoms with Crippen LogP contribution in [0.1, 0.15) is 44.1 Å². The van der Waals surface area contributed by atoms with Crippen LogP contribution in [0.2, 0.25) is 0 Å². The largest absolute Gasteiger partial charge is 0.396 e. The molecule has 1 aromatic carbocycles. The predicted octanol–water partition coefficient (Wildman–Crippen LogP) is 2.34. The molecule has 2 N–H and O–H groups in total. The second-order valence-electron chi connectivity index (χ2n) is 8.63. The normalized spacial score (nSPS) is 28.2. The molecule has 148 valence electrons. The molecule has 4 rings (SSSR count). The number of carbonyl (C=O) groups excluding carboxylic acids is 1. The highest BCUT2D eigenvalue weighted by atomic mass is 16.5. The van der Waals surface area contributed by atoms with E-state index in [1.807, 2.05) is 0 Å². The molecule has 5 nitrogen and oxygen atoms in total. The van der Waals surface area contributed by atoms with Gasteiger partial charge in [0.1, 0.15) is 0 Å². The first-order valence-electron chi connectivity index (χ1n) is 10.4. The summed E-state index contributed by atoms with van der Waals surface area (Å²) in [6, 6.07) is 10.8. The first kappa shape index (κ1) is 18.9. The standard InChI is InChI=1S/C22H32N2O3/c25-13-8-22(17-21(22)9-14-27-15-10-21)20(26)23-19-6-11-24(12-7-19)16-18-4-2-1-3-5-18/h1-5,19,25H,6-17H2,(H,23,26). The maximum Gasteiger partial charge on any atom is 0.227 e. The minimum atomic E-state index is -0.354. The number of aliphatic hydroxyl groups is 1. The fraction of sp³-hybridized carbons (Fsp3) is 0.682. The first-order chi connectivity index (χ1) is 13.2. The van der Waals surface area contributed by atoms with Gasteiger partial charge in [0.05, 0.1) is 5.41 Å². The summed E-state index contributed by atoms with van der Waals surface area (Å²) in [6.45, 7) is 4.61. The van der Waals surface area contributed by atoms with Crippen molar-refractivity contribution in [1.29, 1.82) is 0 Å². The third-order valence-corrected chi connectivity index (χ3v) is 7.13. The van der Waals surface area contributed by atoms with Gasteiger partial charge in [-0.2, -0.15) is 0 Å². The molecule has 5 heteroatoms. The van der Waals surface area contributed by atoms with Gasteiger partial charge >= 0.3 is 0 Å². The van der Waals surface area contributed by atoms with E-state index >= 15 is 0 Å². The zero-order chi connectivity index (χ0) is 18.7. The van der Waals surface area contributed by atoms with Crippen LogP contribution in [0, 0.1) is 10.8 Å². The smallest absolute Gasteiger partial charge is 0.227 e. The van der Waals surface area contributed by atoms with Crippen molar-refractivity contribution in [2.75, 3.05) is 32.9 Å². The van der Waals surface area contributed by atoms with E-state index in [1.165, 1.54) is 5.56 Å². The highest BCUT2D eigenvalue weighted by Crippen LogP contribution is 2.70. The molecule has 2 saturated heterocycles. The summed E-state index contributed by atoms with van der Waals surface area (Å²) in [5.41, 5.74) is 1.07. The van der Waals surface area contributed by atoms with Crippen LogP contribution < -0.4 is 5.32 Å². The van der Waals surface area contributed by atoms with Gasteiger partial charge in [-0.15, -0.1) is 0 Å². The van der Waals surface area contributed by atoms with Crippen molar-refractivity contribution in [3.63, 3.8) is 0 Å². The van der Waals surface area contributed by atoms with Gasteiger partial charge in [0.2, 0.25) is 5.91 Å². The van der Waals surface area contributed by atoms with Gasteiger partial charge in [-0.1, -0.05) is 30.3 Å². The fourth-order valence-electron chi connectivity index (χ4n) is 5.33. The number of ether oxygens (including phenoxy) is 1. The number of rotatable bonds is 6. The number of benzene rings is 1. The molecule has 0 aromatic heterocycles. The van der Waals surface area contributed by atoms with Gasteiger partial charge in [0.15, 0.2) is 0 Å². The van der Waals surface area contributed by atoms with Crippen LogP contribution in [-0.2, 0) is 16.1 Å². The molecule has 1 amide bonds. The minimum Gasteiger partial charge on any atom is -0.396 e. The molecule has 27 heavy (non-hydrogen) atoms. The van der Waals surface area contributed by atoms with E-state index in [1.54, 1.807) is 0 Å². The number of nitrogens with zero attached hydrogens (tertiary/aromatic N) is 1.